The summed E-state index contributed by atoms with van der Waals surface area (Å²) >= 11 is 3.35. The summed E-state index contributed by atoms with van der Waals surface area (Å²) in [4.78, 5) is 14.1. The van der Waals surface area contributed by atoms with Crippen molar-refractivity contribution in [3.05, 3.63) is 70.2 Å². The molecule has 0 N–H and O–H groups in total. The molecule has 0 unspecified atom stereocenters. The Hall–Kier alpha value is -1.36. The zero-order valence-corrected chi connectivity index (χ0v) is 14.8. The van der Waals surface area contributed by atoms with Crippen molar-refractivity contribution in [2.75, 3.05) is 20.2 Å². The minimum Gasteiger partial charge on any atom is -0.461 e. The van der Waals surface area contributed by atoms with Crippen molar-refractivity contribution in [2.24, 2.45) is 0 Å². The van der Waals surface area contributed by atoms with Crippen molar-refractivity contribution in [3.63, 3.8) is 0 Å². The van der Waals surface area contributed by atoms with E-state index < -0.39 is 0 Å². The molecule has 0 aliphatic rings. The molecule has 0 bridgehead atoms. The fourth-order valence-electron chi connectivity index (χ4n) is 1.97. The molecule has 2 aromatic carbocycles. The molecular formula is C17H19BrClNO2. The number of likely N-dealkylation sites (N-methyl/N-ethyl adjacent to an activating group) is 1. The molecule has 0 saturated carbocycles. The average molecular weight is 385 g/mol. The van der Waals surface area contributed by atoms with Crippen LogP contribution in [0.3, 0.4) is 0 Å². The molecule has 0 aromatic heterocycles. The third-order valence-corrected chi connectivity index (χ3v) is 3.79. The van der Waals surface area contributed by atoms with Gasteiger partial charge in [0.25, 0.3) is 0 Å². The van der Waals surface area contributed by atoms with Crippen LogP contribution in [0.25, 0.3) is 0 Å². The lowest BCUT2D eigenvalue weighted by molar-refractivity contribution is 0.0469. The highest BCUT2D eigenvalue weighted by Crippen LogP contribution is 2.16. The van der Waals surface area contributed by atoms with E-state index >= 15 is 0 Å². The molecule has 0 saturated heterocycles. The van der Waals surface area contributed by atoms with Gasteiger partial charge in [0.2, 0.25) is 0 Å². The van der Waals surface area contributed by atoms with Gasteiger partial charge in [0, 0.05) is 17.6 Å². The molecule has 5 heteroatoms. The number of carbonyl (C=O) groups excluding carboxylic acids is 1. The van der Waals surface area contributed by atoms with E-state index in [2.05, 4.69) is 33.0 Å². The maximum absolute atomic E-state index is 11.9. The van der Waals surface area contributed by atoms with Crippen LogP contribution in [0.4, 0.5) is 0 Å². The third kappa shape index (κ3) is 5.79. The number of hydrogen-bond donors (Lipinski definition) is 0. The van der Waals surface area contributed by atoms with Crippen molar-refractivity contribution >= 4 is 34.3 Å². The largest absolute Gasteiger partial charge is 0.461 e. The first-order valence-electron chi connectivity index (χ1n) is 6.81. The fraction of sp³-hybridized carbons (Fsp3) is 0.235. The SMILES string of the molecule is CN(CCOC(=O)c1ccccc1Br)Cc1ccccc1.Cl. The van der Waals surface area contributed by atoms with Gasteiger partial charge in [-0.25, -0.2) is 4.79 Å². The Kier molecular flexibility index (Phi) is 8.17. The van der Waals surface area contributed by atoms with E-state index in [0.717, 1.165) is 11.0 Å². The second-order valence-corrected chi connectivity index (χ2v) is 5.69. The van der Waals surface area contributed by atoms with Crippen LogP contribution in [-0.2, 0) is 11.3 Å². The van der Waals surface area contributed by atoms with Crippen LogP contribution in [0.1, 0.15) is 15.9 Å². The minimum atomic E-state index is -0.296. The zero-order valence-electron chi connectivity index (χ0n) is 12.4. The van der Waals surface area contributed by atoms with E-state index in [4.69, 9.17) is 4.74 Å². The standard InChI is InChI=1S/C17H18BrNO2.ClH/c1-19(13-14-7-3-2-4-8-14)11-12-21-17(20)15-9-5-6-10-16(15)18;/h2-10H,11-13H2,1H3;1H. The molecule has 3 nitrogen and oxygen atoms in total. The van der Waals surface area contributed by atoms with Crippen LogP contribution in [-0.4, -0.2) is 31.1 Å². The van der Waals surface area contributed by atoms with Gasteiger partial charge in [0.1, 0.15) is 6.61 Å². The summed E-state index contributed by atoms with van der Waals surface area (Å²) < 4.78 is 6.06. The number of esters is 1. The Morgan fingerprint density at radius 3 is 2.41 bits per heavy atom. The Morgan fingerprint density at radius 1 is 1.09 bits per heavy atom. The van der Waals surface area contributed by atoms with Crippen LogP contribution >= 0.6 is 28.3 Å². The maximum atomic E-state index is 11.9. The summed E-state index contributed by atoms with van der Waals surface area (Å²) in [5, 5.41) is 0. The number of ether oxygens (including phenoxy) is 1. The van der Waals surface area contributed by atoms with Crippen LogP contribution in [0.2, 0.25) is 0 Å². The Bertz CT molecular complexity index is 592. The monoisotopic (exact) mass is 383 g/mol. The Balaban J connectivity index is 0.00000242. The lowest BCUT2D eigenvalue weighted by Crippen LogP contribution is -2.24. The van der Waals surface area contributed by atoms with Gasteiger partial charge < -0.3 is 4.74 Å². The van der Waals surface area contributed by atoms with E-state index in [-0.39, 0.29) is 18.4 Å². The molecule has 0 fully saturated rings. The fourth-order valence-corrected chi connectivity index (χ4v) is 2.42. The van der Waals surface area contributed by atoms with Crippen LogP contribution in [0.15, 0.2) is 59.1 Å². The molecule has 0 amide bonds. The van der Waals surface area contributed by atoms with Gasteiger partial charge >= 0.3 is 5.97 Å². The molecule has 0 radical (unpaired) electrons. The molecule has 22 heavy (non-hydrogen) atoms. The first-order chi connectivity index (χ1) is 10.2. The summed E-state index contributed by atoms with van der Waals surface area (Å²) in [5.74, 6) is -0.296. The molecule has 118 valence electrons. The number of halogens is 2. The molecule has 2 rings (SSSR count). The number of carbonyl (C=O) groups is 1. The van der Waals surface area contributed by atoms with Crippen molar-refractivity contribution in [3.8, 4) is 0 Å². The van der Waals surface area contributed by atoms with E-state index in [1.165, 1.54) is 5.56 Å². The zero-order chi connectivity index (χ0) is 15.1. The molecular weight excluding hydrogens is 366 g/mol. The normalized spacial score (nSPS) is 10.1. The van der Waals surface area contributed by atoms with E-state index in [1.807, 2.05) is 43.4 Å². The predicted molar refractivity (Wildman–Crippen MR) is 94.4 cm³/mol. The Morgan fingerprint density at radius 2 is 1.73 bits per heavy atom. The van der Waals surface area contributed by atoms with E-state index in [9.17, 15) is 4.79 Å². The topological polar surface area (TPSA) is 29.5 Å². The van der Waals surface area contributed by atoms with E-state index in [0.29, 0.717) is 18.7 Å². The summed E-state index contributed by atoms with van der Waals surface area (Å²) in [6.45, 7) is 1.92. The second-order valence-electron chi connectivity index (χ2n) is 4.84. The smallest absolute Gasteiger partial charge is 0.339 e. The molecule has 0 aliphatic carbocycles. The Labute approximate surface area is 145 Å². The summed E-state index contributed by atoms with van der Waals surface area (Å²) in [6, 6.07) is 17.5. The van der Waals surface area contributed by atoms with Crippen LogP contribution in [0, 0.1) is 0 Å². The average Bonchev–Trinajstić information content (AvgIpc) is 2.48. The van der Waals surface area contributed by atoms with Gasteiger partial charge in [-0.2, -0.15) is 0 Å². The number of nitrogens with zero attached hydrogens (tertiary/aromatic N) is 1. The highest BCUT2D eigenvalue weighted by molar-refractivity contribution is 9.10. The van der Waals surface area contributed by atoms with Gasteiger partial charge in [0.05, 0.1) is 5.56 Å². The predicted octanol–water partition coefficient (Wildman–Crippen LogP) is 4.16. The lowest BCUT2D eigenvalue weighted by Gasteiger charge is -2.16. The van der Waals surface area contributed by atoms with Crippen LogP contribution < -0.4 is 0 Å². The summed E-state index contributed by atoms with van der Waals surface area (Å²) in [7, 11) is 2.01. The van der Waals surface area contributed by atoms with Crippen molar-refractivity contribution < 1.29 is 9.53 Å². The summed E-state index contributed by atoms with van der Waals surface area (Å²) in [5.41, 5.74) is 1.81. The number of hydrogen-bond acceptors (Lipinski definition) is 3. The van der Waals surface area contributed by atoms with E-state index in [1.54, 1.807) is 6.07 Å². The first-order valence-corrected chi connectivity index (χ1v) is 7.60. The lowest BCUT2D eigenvalue weighted by atomic mass is 10.2. The first kappa shape index (κ1) is 18.7. The molecule has 0 heterocycles. The van der Waals surface area contributed by atoms with Gasteiger partial charge in [-0.15, -0.1) is 12.4 Å². The van der Waals surface area contributed by atoms with Gasteiger partial charge in [-0.05, 0) is 40.7 Å². The van der Waals surface area contributed by atoms with Crippen molar-refractivity contribution in [1.82, 2.24) is 4.90 Å². The van der Waals surface area contributed by atoms with Gasteiger partial charge in [-0.3, -0.25) is 4.90 Å². The second kappa shape index (κ2) is 9.62. The van der Waals surface area contributed by atoms with Crippen molar-refractivity contribution in [2.45, 2.75) is 6.54 Å². The molecule has 2 aromatic rings. The quantitative estimate of drug-likeness (QED) is 0.700. The highest BCUT2D eigenvalue weighted by Gasteiger charge is 2.10. The van der Waals surface area contributed by atoms with Crippen molar-refractivity contribution in [1.29, 1.82) is 0 Å². The third-order valence-electron chi connectivity index (χ3n) is 3.10. The molecule has 0 atom stereocenters. The van der Waals surface area contributed by atoms with Gasteiger partial charge in [-0.1, -0.05) is 42.5 Å². The highest BCUT2D eigenvalue weighted by atomic mass is 79.9. The minimum absolute atomic E-state index is 0. The molecule has 0 aliphatic heterocycles. The van der Waals surface area contributed by atoms with Gasteiger partial charge in [0.15, 0.2) is 0 Å². The maximum Gasteiger partial charge on any atom is 0.339 e. The number of benzene rings is 2. The summed E-state index contributed by atoms with van der Waals surface area (Å²) in [6.07, 6.45) is 0. The number of rotatable bonds is 6. The molecule has 0 spiro atoms. The van der Waals surface area contributed by atoms with Crippen LogP contribution in [0.5, 0.6) is 0 Å².